The number of anilines is 4. The van der Waals surface area contributed by atoms with E-state index in [1.165, 1.54) is 11.1 Å². The molecule has 0 atom stereocenters. The van der Waals surface area contributed by atoms with Crippen molar-refractivity contribution in [2.75, 3.05) is 54.9 Å². The Morgan fingerprint density at radius 3 is 2.64 bits per heavy atom. The second-order valence-corrected chi connectivity index (χ2v) is 8.79. The van der Waals surface area contributed by atoms with Gasteiger partial charge in [0.25, 0.3) is 5.91 Å². The van der Waals surface area contributed by atoms with Crippen LogP contribution in [-0.2, 0) is 13.0 Å². The van der Waals surface area contributed by atoms with Gasteiger partial charge in [-0.25, -0.2) is 9.97 Å². The summed E-state index contributed by atoms with van der Waals surface area (Å²) in [6.45, 7) is 5.45. The number of pyridine rings is 2. The molecule has 1 saturated heterocycles. The Kier molecular flexibility index (Phi) is 4.87. The molecule has 3 aliphatic heterocycles. The van der Waals surface area contributed by atoms with E-state index in [0.29, 0.717) is 12.1 Å². The maximum Gasteiger partial charge on any atom is 0.254 e. The number of hydrogen-bond donors (Lipinski definition) is 3. The predicted molar refractivity (Wildman–Crippen MR) is 130 cm³/mol. The largest absolute Gasteiger partial charge is 0.368 e. The Hall–Kier alpha value is -3.65. The van der Waals surface area contributed by atoms with Crippen LogP contribution in [0, 0.1) is 0 Å². The molecule has 3 N–H and O–H groups in total. The van der Waals surface area contributed by atoms with Gasteiger partial charge < -0.3 is 25.8 Å². The normalized spacial score (nSPS) is 17.1. The zero-order valence-electron chi connectivity index (χ0n) is 18.7. The quantitative estimate of drug-likeness (QED) is 0.574. The van der Waals surface area contributed by atoms with Gasteiger partial charge >= 0.3 is 0 Å². The molecule has 0 aliphatic carbocycles. The minimum Gasteiger partial charge on any atom is -0.368 e. The SMILES string of the molecule is CN1CCc2c(-c3ccc(Nc4ccc(N5CCNCC5)cn4)c4c3CNC4=O)ccnc21. The van der Waals surface area contributed by atoms with Crippen molar-refractivity contribution in [2.24, 2.45) is 0 Å². The highest BCUT2D eigenvalue weighted by Crippen LogP contribution is 2.39. The number of nitrogens with one attached hydrogen (secondary N) is 3. The molecule has 0 unspecified atom stereocenters. The van der Waals surface area contributed by atoms with E-state index >= 15 is 0 Å². The molecule has 3 aliphatic rings. The Morgan fingerprint density at radius 2 is 1.82 bits per heavy atom. The first kappa shape index (κ1) is 20.0. The fourth-order valence-corrected chi connectivity index (χ4v) is 5.11. The molecule has 3 aromatic rings. The summed E-state index contributed by atoms with van der Waals surface area (Å²) in [6, 6.07) is 10.3. The third-order valence-corrected chi connectivity index (χ3v) is 6.84. The van der Waals surface area contributed by atoms with E-state index < -0.39 is 0 Å². The average molecular weight is 442 g/mol. The third kappa shape index (κ3) is 3.47. The number of aromatic nitrogens is 2. The van der Waals surface area contributed by atoms with Crippen molar-refractivity contribution in [3.05, 3.63) is 59.4 Å². The molecule has 168 valence electrons. The van der Waals surface area contributed by atoms with Crippen LogP contribution in [0.25, 0.3) is 11.1 Å². The number of nitrogens with zero attached hydrogens (tertiary/aromatic N) is 4. The molecule has 1 aromatic carbocycles. The van der Waals surface area contributed by atoms with Crippen molar-refractivity contribution in [3.63, 3.8) is 0 Å². The van der Waals surface area contributed by atoms with Gasteiger partial charge in [0, 0.05) is 58.1 Å². The highest BCUT2D eigenvalue weighted by atomic mass is 16.1. The standard InChI is InChI=1S/C25H27N7O/c1-31-11-7-19-18(6-8-27-24(19)31)17-3-4-21(23-20(17)15-29-25(23)33)30-22-5-2-16(14-28-22)32-12-9-26-10-13-32/h2-6,8,14,26H,7,9-13,15H2,1H3,(H,28,30)(H,29,33). The molecule has 5 heterocycles. The Morgan fingerprint density at radius 1 is 0.970 bits per heavy atom. The van der Waals surface area contributed by atoms with E-state index in [1.54, 1.807) is 0 Å². The minimum atomic E-state index is -0.0467. The molecule has 6 rings (SSSR count). The number of amides is 1. The van der Waals surface area contributed by atoms with Gasteiger partial charge in [0.1, 0.15) is 11.6 Å². The molecule has 33 heavy (non-hydrogen) atoms. The zero-order chi connectivity index (χ0) is 22.4. The lowest BCUT2D eigenvalue weighted by molar-refractivity contribution is 0.0966. The van der Waals surface area contributed by atoms with E-state index in [0.717, 1.165) is 73.3 Å². The van der Waals surface area contributed by atoms with Gasteiger partial charge in [-0.2, -0.15) is 0 Å². The van der Waals surface area contributed by atoms with E-state index in [1.807, 2.05) is 24.5 Å². The first-order chi connectivity index (χ1) is 16.2. The van der Waals surface area contributed by atoms with Crippen LogP contribution in [0.2, 0.25) is 0 Å². The van der Waals surface area contributed by atoms with Gasteiger partial charge in [0.05, 0.1) is 23.1 Å². The maximum atomic E-state index is 12.8. The lowest BCUT2D eigenvalue weighted by Gasteiger charge is -2.29. The third-order valence-electron chi connectivity index (χ3n) is 6.84. The van der Waals surface area contributed by atoms with Crippen LogP contribution in [0.1, 0.15) is 21.5 Å². The minimum absolute atomic E-state index is 0.0467. The molecule has 0 bridgehead atoms. The van der Waals surface area contributed by atoms with Crippen LogP contribution >= 0.6 is 0 Å². The highest BCUT2D eigenvalue weighted by Gasteiger charge is 2.29. The number of carbonyl (C=O) groups excluding carboxylic acids is 1. The van der Waals surface area contributed by atoms with Crippen molar-refractivity contribution in [1.29, 1.82) is 0 Å². The molecule has 8 nitrogen and oxygen atoms in total. The molecule has 8 heteroatoms. The fourth-order valence-electron chi connectivity index (χ4n) is 5.11. The Labute approximate surface area is 193 Å². The number of rotatable bonds is 4. The first-order valence-electron chi connectivity index (χ1n) is 11.5. The highest BCUT2D eigenvalue weighted by molar-refractivity contribution is 6.06. The van der Waals surface area contributed by atoms with Crippen LogP contribution in [0.4, 0.5) is 23.0 Å². The molecular formula is C25H27N7O. The monoisotopic (exact) mass is 441 g/mol. The number of hydrogen-bond acceptors (Lipinski definition) is 7. The summed E-state index contributed by atoms with van der Waals surface area (Å²) in [4.78, 5) is 26.5. The lowest BCUT2D eigenvalue weighted by atomic mass is 9.92. The molecule has 1 fully saturated rings. The Bertz CT molecular complexity index is 1220. The van der Waals surface area contributed by atoms with E-state index in [4.69, 9.17) is 0 Å². The first-order valence-corrected chi connectivity index (χ1v) is 11.5. The lowest BCUT2D eigenvalue weighted by Crippen LogP contribution is -2.43. The summed E-state index contributed by atoms with van der Waals surface area (Å²) in [5, 5.41) is 9.76. The fraction of sp³-hybridized carbons (Fsp3) is 0.320. The van der Waals surface area contributed by atoms with Crippen molar-refractivity contribution in [1.82, 2.24) is 20.6 Å². The molecule has 1 amide bonds. The van der Waals surface area contributed by atoms with Gasteiger partial charge in [-0.15, -0.1) is 0 Å². The van der Waals surface area contributed by atoms with Gasteiger partial charge in [-0.3, -0.25) is 4.79 Å². The van der Waals surface area contributed by atoms with Gasteiger partial charge in [0.2, 0.25) is 0 Å². The summed E-state index contributed by atoms with van der Waals surface area (Å²) in [6.07, 6.45) is 4.73. The number of likely N-dealkylation sites (N-methyl/N-ethyl adjacent to an activating group) is 1. The molecule has 0 radical (unpaired) electrons. The number of carbonyl (C=O) groups is 1. The van der Waals surface area contributed by atoms with Gasteiger partial charge in [0.15, 0.2) is 0 Å². The van der Waals surface area contributed by atoms with Crippen LogP contribution in [-0.4, -0.2) is 55.6 Å². The van der Waals surface area contributed by atoms with Crippen LogP contribution in [0.5, 0.6) is 0 Å². The molecule has 2 aromatic heterocycles. The van der Waals surface area contributed by atoms with Crippen LogP contribution in [0.15, 0.2) is 42.7 Å². The summed E-state index contributed by atoms with van der Waals surface area (Å²) in [5.41, 5.74) is 7.17. The zero-order valence-corrected chi connectivity index (χ0v) is 18.7. The summed E-state index contributed by atoms with van der Waals surface area (Å²) >= 11 is 0. The topological polar surface area (TPSA) is 85.4 Å². The van der Waals surface area contributed by atoms with E-state index in [2.05, 4.69) is 61.0 Å². The van der Waals surface area contributed by atoms with Crippen LogP contribution < -0.4 is 25.8 Å². The van der Waals surface area contributed by atoms with Crippen molar-refractivity contribution < 1.29 is 4.79 Å². The van der Waals surface area contributed by atoms with Crippen LogP contribution in [0.3, 0.4) is 0 Å². The average Bonchev–Trinajstić information content (AvgIpc) is 3.44. The predicted octanol–water partition coefficient (Wildman–Crippen LogP) is 2.53. The van der Waals surface area contributed by atoms with Gasteiger partial charge in [-0.05, 0) is 47.4 Å². The Balaban J connectivity index is 1.33. The smallest absolute Gasteiger partial charge is 0.254 e. The van der Waals surface area contributed by atoms with E-state index in [-0.39, 0.29) is 5.91 Å². The molecular weight excluding hydrogens is 414 g/mol. The maximum absolute atomic E-state index is 12.8. The van der Waals surface area contributed by atoms with Gasteiger partial charge in [-0.1, -0.05) is 6.07 Å². The summed E-state index contributed by atoms with van der Waals surface area (Å²) in [5.74, 6) is 1.72. The van der Waals surface area contributed by atoms with Crippen molar-refractivity contribution >= 4 is 28.9 Å². The number of fused-ring (bicyclic) bond motifs is 2. The van der Waals surface area contributed by atoms with Crippen molar-refractivity contribution in [3.8, 4) is 11.1 Å². The second-order valence-electron chi connectivity index (χ2n) is 8.79. The molecule has 0 spiro atoms. The number of piperazine rings is 1. The van der Waals surface area contributed by atoms with Crippen molar-refractivity contribution in [2.45, 2.75) is 13.0 Å². The van der Waals surface area contributed by atoms with E-state index in [9.17, 15) is 4.79 Å². The summed E-state index contributed by atoms with van der Waals surface area (Å²) in [7, 11) is 2.07. The second kappa shape index (κ2) is 8.04. The molecule has 0 saturated carbocycles. The number of benzene rings is 1. The summed E-state index contributed by atoms with van der Waals surface area (Å²) < 4.78 is 0.